The number of anilines is 3. The molecule has 0 bridgehead atoms. The van der Waals surface area contributed by atoms with Crippen LogP contribution in [-0.2, 0) is 11.3 Å². The summed E-state index contributed by atoms with van der Waals surface area (Å²) in [5, 5.41) is 13.1. The molecule has 2 atom stereocenters. The largest absolute Gasteiger partial charge is 0.478 e. The second kappa shape index (κ2) is 12.0. The summed E-state index contributed by atoms with van der Waals surface area (Å²) < 4.78 is 26.2. The standard InChI is InChI=1S/C33H36FN5O5/c34-26-16-22(32(40)21-4-5-21)6-7-24(26)20-44-31-3-1-2-29(36-31)38-13-11-37(12-14-38)19-30-35-27-9-8-23(33(41)42)17-28(27)39(30)18-25-10-15-43-25/h1-3,6-9,16-17,21,25,30,35H,4-5,10-15,18-20H2,(H,41,42). The molecule has 11 heteroatoms. The first kappa shape index (κ1) is 28.5. The first-order valence-electron chi connectivity index (χ1n) is 15.3. The predicted molar refractivity (Wildman–Crippen MR) is 163 cm³/mol. The number of aromatic carboxylic acids is 1. The van der Waals surface area contributed by atoms with Crippen molar-refractivity contribution in [3.63, 3.8) is 0 Å². The van der Waals surface area contributed by atoms with Crippen LogP contribution in [0.15, 0.2) is 54.6 Å². The normalized spacial score (nSPS) is 21.4. The van der Waals surface area contributed by atoms with Crippen LogP contribution in [0, 0.1) is 11.7 Å². The quantitative estimate of drug-likeness (QED) is 0.310. The molecule has 4 aliphatic rings. The second-order valence-electron chi connectivity index (χ2n) is 12.0. The summed E-state index contributed by atoms with van der Waals surface area (Å²) >= 11 is 0. The number of ether oxygens (including phenoxy) is 2. The van der Waals surface area contributed by atoms with Crippen LogP contribution < -0.4 is 19.9 Å². The van der Waals surface area contributed by atoms with E-state index < -0.39 is 11.8 Å². The Bertz CT molecular complexity index is 1550. The average molecular weight is 602 g/mol. The van der Waals surface area contributed by atoms with E-state index >= 15 is 0 Å². The summed E-state index contributed by atoms with van der Waals surface area (Å²) in [6.07, 6.45) is 2.96. The van der Waals surface area contributed by atoms with Crippen molar-refractivity contribution in [2.75, 3.05) is 61.0 Å². The van der Waals surface area contributed by atoms with E-state index in [1.807, 2.05) is 18.2 Å². The molecule has 0 spiro atoms. The summed E-state index contributed by atoms with van der Waals surface area (Å²) in [6.45, 7) is 5.56. The minimum Gasteiger partial charge on any atom is -0.478 e. The van der Waals surface area contributed by atoms with Gasteiger partial charge in [0.1, 0.15) is 24.4 Å². The molecular weight excluding hydrogens is 565 g/mol. The number of piperazine rings is 1. The molecule has 2 N–H and O–H groups in total. The number of nitrogens with zero attached hydrogens (tertiary/aromatic N) is 4. The van der Waals surface area contributed by atoms with Crippen LogP contribution >= 0.6 is 0 Å². The van der Waals surface area contributed by atoms with Crippen LogP contribution in [0.5, 0.6) is 5.88 Å². The molecule has 4 heterocycles. The molecule has 7 rings (SSSR count). The molecule has 2 unspecified atom stereocenters. The van der Waals surface area contributed by atoms with Gasteiger partial charge in [0, 0.05) is 69.0 Å². The van der Waals surface area contributed by atoms with Gasteiger partial charge in [0.2, 0.25) is 5.88 Å². The van der Waals surface area contributed by atoms with Gasteiger partial charge in [0.25, 0.3) is 0 Å². The highest BCUT2D eigenvalue weighted by Crippen LogP contribution is 2.37. The Labute approximate surface area is 255 Å². The lowest BCUT2D eigenvalue weighted by atomic mass is 10.0. The fourth-order valence-electron chi connectivity index (χ4n) is 6.08. The molecule has 2 aromatic carbocycles. The van der Waals surface area contributed by atoms with E-state index in [0.717, 1.165) is 82.3 Å². The lowest BCUT2D eigenvalue weighted by Crippen LogP contribution is -2.54. The summed E-state index contributed by atoms with van der Waals surface area (Å²) in [6, 6.07) is 15.5. The maximum Gasteiger partial charge on any atom is 0.335 e. The number of nitrogens with one attached hydrogen (secondary N) is 1. The number of fused-ring (bicyclic) bond motifs is 1. The Balaban J connectivity index is 0.945. The van der Waals surface area contributed by atoms with E-state index in [-0.39, 0.29) is 36.1 Å². The fourth-order valence-corrected chi connectivity index (χ4v) is 6.08. The van der Waals surface area contributed by atoms with E-state index in [0.29, 0.717) is 17.0 Å². The number of carbonyl (C=O) groups is 2. The van der Waals surface area contributed by atoms with E-state index in [4.69, 9.17) is 9.47 Å². The van der Waals surface area contributed by atoms with Crippen molar-refractivity contribution in [1.82, 2.24) is 9.88 Å². The molecule has 10 nitrogen and oxygen atoms in total. The van der Waals surface area contributed by atoms with Crippen molar-refractivity contribution in [3.05, 3.63) is 77.1 Å². The Morgan fingerprint density at radius 2 is 1.80 bits per heavy atom. The van der Waals surface area contributed by atoms with Crippen LogP contribution in [0.3, 0.4) is 0 Å². The van der Waals surface area contributed by atoms with Crippen LogP contribution in [0.2, 0.25) is 0 Å². The summed E-state index contributed by atoms with van der Waals surface area (Å²) in [7, 11) is 0. The molecule has 3 fully saturated rings. The average Bonchev–Trinajstić information content (AvgIpc) is 3.81. The maximum absolute atomic E-state index is 14.7. The summed E-state index contributed by atoms with van der Waals surface area (Å²) in [5.74, 6) is -0.0695. The molecule has 0 amide bonds. The van der Waals surface area contributed by atoms with Gasteiger partial charge in [-0.3, -0.25) is 9.69 Å². The van der Waals surface area contributed by atoms with E-state index in [1.54, 1.807) is 30.3 Å². The van der Waals surface area contributed by atoms with E-state index in [9.17, 15) is 19.1 Å². The SMILES string of the molecule is O=C(O)c1ccc2c(c1)N(CC1CCO1)C(CN1CCN(c3cccc(OCc4ccc(C(=O)C5CC5)cc4F)n3)CC1)N2. The Morgan fingerprint density at radius 3 is 2.50 bits per heavy atom. The molecule has 3 aliphatic heterocycles. The Hall–Kier alpha value is -4.22. The number of benzene rings is 2. The van der Waals surface area contributed by atoms with Crippen molar-refractivity contribution in [2.24, 2.45) is 5.92 Å². The zero-order valence-corrected chi connectivity index (χ0v) is 24.5. The highest BCUT2D eigenvalue weighted by molar-refractivity contribution is 5.99. The highest BCUT2D eigenvalue weighted by Gasteiger charge is 2.35. The van der Waals surface area contributed by atoms with Crippen molar-refractivity contribution in [2.45, 2.75) is 38.1 Å². The molecule has 1 saturated carbocycles. The third-order valence-corrected chi connectivity index (χ3v) is 8.94. The molecule has 1 aliphatic carbocycles. The Kier molecular flexibility index (Phi) is 7.82. The lowest BCUT2D eigenvalue weighted by Gasteiger charge is -2.40. The highest BCUT2D eigenvalue weighted by atomic mass is 19.1. The van der Waals surface area contributed by atoms with Crippen molar-refractivity contribution < 1.29 is 28.6 Å². The summed E-state index contributed by atoms with van der Waals surface area (Å²) in [5.41, 5.74) is 2.95. The number of aromatic nitrogens is 1. The van der Waals surface area contributed by atoms with Gasteiger partial charge >= 0.3 is 5.97 Å². The van der Waals surface area contributed by atoms with Gasteiger partial charge in [0.05, 0.1) is 23.0 Å². The second-order valence-corrected chi connectivity index (χ2v) is 12.0. The number of ketones is 1. The zero-order valence-electron chi connectivity index (χ0n) is 24.5. The van der Waals surface area contributed by atoms with Crippen LogP contribution in [0.25, 0.3) is 0 Å². The number of halogens is 1. The van der Waals surface area contributed by atoms with Gasteiger partial charge in [-0.15, -0.1) is 0 Å². The van der Waals surface area contributed by atoms with E-state index in [2.05, 4.69) is 25.0 Å². The number of Topliss-reactive ketones (excluding diaryl/α,β-unsaturated/α-hetero) is 1. The zero-order chi connectivity index (χ0) is 30.2. The number of rotatable bonds is 11. The lowest BCUT2D eigenvalue weighted by molar-refractivity contribution is -0.0452. The molecule has 44 heavy (non-hydrogen) atoms. The molecular formula is C33H36FN5O5. The number of carboxylic acids is 1. The monoisotopic (exact) mass is 601 g/mol. The molecule has 2 saturated heterocycles. The minimum absolute atomic E-state index is 0.0148. The van der Waals surface area contributed by atoms with Crippen LogP contribution in [0.4, 0.5) is 21.6 Å². The van der Waals surface area contributed by atoms with Crippen molar-refractivity contribution >= 4 is 28.9 Å². The van der Waals surface area contributed by atoms with Gasteiger partial charge < -0.3 is 29.7 Å². The first-order chi connectivity index (χ1) is 21.4. The molecule has 3 aromatic rings. The van der Waals surface area contributed by atoms with E-state index in [1.165, 1.54) is 6.07 Å². The topological polar surface area (TPSA) is 107 Å². The van der Waals surface area contributed by atoms with Crippen molar-refractivity contribution in [1.29, 1.82) is 0 Å². The van der Waals surface area contributed by atoms with Gasteiger partial charge in [-0.1, -0.05) is 18.2 Å². The van der Waals surface area contributed by atoms with Crippen LogP contribution in [-0.4, -0.2) is 84.9 Å². The predicted octanol–water partition coefficient (Wildman–Crippen LogP) is 4.26. The smallest absolute Gasteiger partial charge is 0.335 e. The van der Waals surface area contributed by atoms with Crippen LogP contribution in [0.1, 0.15) is 45.5 Å². The third-order valence-electron chi connectivity index (χ3n) is 8.94. The van der Waals surface area contributed by atoms with Gasteiger partial charge in [-0.05, 0) is 49.6 Å². The van der Waals surface area contributed by atoms with Gasteiger partial charge in [-0.2, -0.15) is 4.98 Å². The minimum atomic E-state index is -0.932. The Morgan fingerprint density at radius 1 is 1.00 bits per heavy atom. The fraction of sp³-hybridized carbons (Fsp3) is 0.424. The maximum atomic E-state index is 14.7. The van der Waals surface area contributed by atoms with Crippen molar-refractivity contribution in [3.8, 4) is 5.88 Å². The first-order valence-corrected chi connectivity index (χ1v) is 15.3. The molecule has 0 radical (unpaired) electrons. The van der Waals surface area contributed by atoms with Gasteiger partial charge in [0.15, 0.2) is 5.78 Å². The number of pyridine rings is 1. The molecule has 1 aromatic heterocycles. The molecule has 230 valence electrons. The number of carboxylic acid groups (broad SMARTS) is 1. The third kappa shape index (κ3) is 6.07. The number of carbonyl (C=O) groups excluding carboxylic acids is 1. The number of hydrogen-bond acceptors (Lipinski definition) is 9. The van der Waals surface area contributed by atoms with Gasteiger partial charge in [-0.25, -0.2) is 9.18 Å². The summed E-state index contributed by atoms with van der Waals surface area (Å²) in [4.78, 5) is 35.4. The number of hydrogen-bond donors (Lipinski definition) is 2.